The summed E-state index contributed by atoms with van der Waals surface area (Å²) < 4.78 is 13.4. The molecule has 1 aromatic carbocycles. The molecule has 1 saturated heterocycles. The number of carbonyl (C=O) groups excluding carboxylic acids is 2. The number of carbonyl (C=O) groups is 2. The van der Waals surface area contributed by atoms with E-state index in [1.165, 1.54) is 19.3 Å². The fourth-order valence-electron chi connectivity index (χ4n) is 7.72. The number of hydrogen-bond acceptors (Lipinski definition) is 4. The zero-order valence-electron chi connectivity index (χ0n) is 26.6. The predicted molar refractivity (Wildman–Crippen MR) is 169 cm³/mol. The van der Waals surface area contributed by atoms with Crippen LogP contribution in [0.15, 0.2) is 30.5 Å². The Kier molecular flexibility index (Phi) is 9.44. The molecule has 7 nitrogen and oxygen atoms in total. The molecule has 42 heavy (non-hydrogen) atoms. The van der Waals surface area contributed by atoms with Gasteiger partial charge in [0.15, 0.2) is 0 Å². The predicted octanol–water partition coefficient (Wildman–Crippen LogP) is 6.35. The van der Waals surface area contributed by atoms with Crippen molar-refractivity contribution in [3.05, 3.63) is 36.0 Å². The lowest BCUT2D eigenvalue weighted by molar-refractivity contribution is -0.129. The summed E-state index contributed by atoms with van der Waals surface area (Å²) in [4.78, 5) is 30.7. The Labute approximate surface area is 252 Å². The van der Waals surface area contributed by atoms with Crippen molar-refractivity contribution in [3.8, 4) is 0 Å². The first-order valence-electron chi connectivity index (χ1n) is 16.4. The number of benzene rings is 1. The highest BCUT2D eigenvalue weighted by atomic mass is 16.7. The van der Waals surface area contributed by atoms with E-state index in [4.69, 9.17) is 9.31 Å². The minimum Gasteiger partial charge on any atom is -0.404 e. The van der Waals surface area contributed by atoms with Gasteiger partial charge in [-0.3, -0.25) is 9.59 Å². The third-order valence-corrected chi connectivity index (χ3v) is 10.7. The molecule has 2 amide bonds. The molecule has 3 aliphatic rings. The largest absolute Gasteiger partial charge is 0.481 e. The molecule has 2 aliphatic carbocycles. The Hall–Kier alpha value is -2.32. The molecule has 2 heterocycles. The molecule has 5 rings (SSSR count). The molecular formula is C34H52BN3O4. The van der Waals surface area contributed by atoms with Crippen molar-refractivity contribution in [2.45, 2.75) is 129 Å². The van der Waals surface area contributed by atoms with Crippen LogP contribution < -0.4 is 10.6 Å². The van der Waals surface area contributed by atoms with Crippen LogP contribution in [0, 0.1) is 23.2 Å². The van der Waals surface area contributed by atoms with E-state index in [0.29, 0.717) is 30.6 Å². The summed E-state index contributed by atoms with van der Waals surface area (Å²) in [5.41, 5.74) is 1.81. The molecule has 1 aliphatic heterocycles. The fraction of sp³-hybridized carbons (Fsp3) is 0.706. The zero-order chi connectivity index (χ0) is 30.1. The van der Waals surface area contributed by atoms with Gasteiger partial charge in [-0.1, -0.05) is 72.1 Å². The van der Waals surface area contributed by atoms with Crippen LogP contribution in [0.5, 0.6) is 0 Å². The molecule has 8 heteroatoms. The van der Waals surface area contributed by atoms with E-state index in [-0.39, 0.29) is 29.3 Å². The topological polar surface area (TPSA) is 92.5 Å². The molecule has 2 aromatic rings. The molecule has 0 radical (unpaired) electrons. The van der Waals surface area contributed by atoms with E-state index in [2.05, 4.69) is 63.2 Å². The summed E-state index contributed by atoms with van der Waals surface area (Å²) in [5, 5.41) is 7.53. The van der Waals surface area contributed by atoms with Gasteiger partial charge in [0, 0.05) is 29.9 Å². The Morgan fingerprint density at radius 3 is 2.55 bits per heavy atom. The highest BCUT2D eigenvalue weighted by Crippen LogP contribution is 2.52. The Morgan fingerprint density at radius 1 is 1.07 bits per heavy atom. The van der Waals surface area contributed by atoms with Gasteiger partial charge in [-0.05, 0) is 73.8 Å². The van der Waals surface area contributed by atoms with Crippen LogP contribution in [0.3, 0.4) is 0 Å². The molecule has 0 spiro atoms. The molecule has 230 valence electrons. The number of amides is 2. The van der Waals surface area contributed by atoms with Gasteiger partial charge in [0.2, 0.25) is 11.8 Å². The molecule has 3 fully saturated rings. The van der Waals surface area contributed by atoms with Gasteiger partial charge in [-0.25, -0.2) is 0 Å². The van der Waals surface area contributed by atoms with Crippen LogP contribution in [0.2, 0.25) is 0 Å². The van der Waals surface area contributed by atoms with Crippen LogP contribution in [0.25, 0.3) is 10.9 Å². The number of nitrogens with one attached hydrogen (secondary N) is 3. The summed E-state index contributed by atoms with van der Waals surface area (Å²) in [6.45, 7) is 13.4. The average Bonchev–Trinajstić information content (AvgIpc) is 3.52. The summed E-state index contributed by atoms with van der Waals surface area (Å²) in [5.74, 6) is 0.530. The van der Waals surface area contributed by atoms with Crippen molar-refractivity contribution >= 4 is 29.8 Å². The molecule has 0 unspecified atom stereocenters. The first-order valence-corrected chi connectivity index (χ1v) is 16.4. The number of H-pyrrole nitrogens is 1. The lowest BCUT2D eigenvalue weighted by Crippen LogP contribution is -2.56. The minimum absolute atomic E-state index is 0.00861. The summed E-state index contributed by atoms with van der Waals surface area (Å²) >= 11 is 0. The number of aromatic nitrogens is 1. The van der Waals surface area contributed by atoms with E-state index >= 15 is 0 Å². The summed E-state index contributed by atoms with van der Waals surface area (Å²) in [7, 11) is -0.519. The van der Waals surface area contributed by atoms with Crippen LogP contribution in [-0.2, 0) is 25.3 Å². The normalized spacial score (nSPS) is 27.5. The number of para-hydroxylation sites is 1. The third-order valence-electron chi connectivity index (χ3n) is 10.7. The SMILES string of the molecule is CC(C)C[C@H](NC(=O)[C@H](Cc1c[nH]c2ccccc12)NC(=O)CC1CCCCC1)B1O[C@@H]2CCC(C)(C)[C@H](C)[C@]2(C)O1. The van der Waals surface area contributed by atoms with Crippen LogP contribution in [-0.4, -0.2) is 47.6 Å². The van der Waals surface area contributed by atoms with Crippen molar-refractivity contribution < 1.29 is 18.9 Å². The van der Waals surface area contributed by atoms with Gasteiger partial charge in [0.25, 0.3) is 0 Å². The lowest BCUT2D eigenvalue weighted by atomic mass is 9.61. The van der Waals surface area contributed by atoms with Crippen molar-refractivity contribution in [2.24, 2.45) is 23.2 Å². The smallest absolute Gasteiger partial charge is 0.404 e. The van der Waals surface area contributed by atoms with Crippen molar-refractivity contribution in [1.29, 1.82) is 0 Å². The molecule has 1 aromatic heterocycles. The second-order valence-electron chi connectivity index (χ2n) is 14.7. The highest BCUT2D eigenvalue weighted by Gasteiger charge is 2.59. The number of rotatable bonds is 10. The van der Waals surface area contributed by atoms with Crippen LogP contribution in [0.1, 0.15) is 105 Å². The van der Waals surface area contributed by atoms with Crippen molar-refractivity contribution in [2.75, 3.05) is 0 Å². The molecule has 3 N–H and O–H groups in total. The Bertz CT molecular complexity index is 1240. The molecule has 5 atom stereocenters. The maximum Gasteiger partial charge on any atom is 0.481 e. The van der Waals surface area contributed by atoms with Gasteiger partial charge < -0.3 is 24.9 Å². The number of fused-ring (bicyclic) bond motifs is 2. The molecule has 2 saturated carbocycles. The maximum atomic E-state index is 14.1. The van der Waals surface area contributed by atoms with Crippen molar-refractivity contribution in [3.63, 3.8) is 0 Å². The van der Waals surface area contributed by atoms with E-state index in [1.807, 2.05) is 24.4 Å². The minimum atomic E-state index is -0.688. The highest BCUT2D eigenvalue weighted by molar-refractivity contribution is 6.47. The second-order valence-corrected chi connectivity index (χ2v) is 14.7. The van der Waals surface area contributed by atoms with E-state index in [1.54, 1.807) is 0 Å². The number of aromatic amines is 1. The van der Waals surface area contributed by atoms with Gasteiger partial charge in [0.1, 0.15) is 6.04 Å². The standard InChI is InChI=1S/C34H52BN3O4/c1-22(2)18-30(35-41-29-16-17-33(4,5)23(3)34(29,6)42-35)38-32(40)28(37-31(39)19-24-12-8-7-9-13-24)20-25-21-36-27-15-11-10-14-26(25)27/h10-11,14-15,21-24,28-30,36H,7-9,12-13,16-20H2,1-6H3,(H,37,39)(H,38,40)/t23-,28-,29+,30-,34-/m0/s1. The molecular weight excluding hydrogens is 525 g/mol. The van der Waals surface area contributed by atoms with E-state index in [0.717, 1.165) is 48.6 Å². The molecule has 0 bridgehead atoms. The third kappa shape index (κ3) is 6.75. The monoisotopic (exact) mass is 577 g/mol. The second kappa shape index (κ2) is 12.7. The summed E-state index contributed by atoms with van der Waals surface area (Å²) in [6, 6.07) is 7.41. The van der Waals surface area contributed by atoms with Gasteiger partial charge in [-0.2, -0.15) is 0 Å². The van der Waals surface area contributed by atoms with Gasteiger partial charge >= 0.3 is 7.12 Å². The first-order chi connectivity index (χ1) is 20.0. The fourth-order valence-corrected chi connectivity index (χ4v) is 7.72. The Balaban J connectivity index is 1.34. The van der Waals surface area contributed by atoms with Gasteiger partial charge in [-0.15, -0.1) is 0 Å². The average molecular weight is 578 g/mol. The van der Waals surface area contributed by atoms with Crippen LogP contribution in [0.4, 0.5) is 0 Å². The van der Waals surface area contributed by atoms with E-state index < -0.39 is 18.8 Å². The number of hydrogen-bond donors (Lipinski definition) is 3. The van der Waals surface area contributed by atoms with Gasteiger partial charge in [0.05, 0.1) is 17.6 Å². The van der Waals surface area contributed by atoms with Crippen molar-refractivity contribution in [1.82, 2.24) is 15.6 Å². The Morgan fingerprint density at radius 2 is 1.81 bits per heavy atom. The quantitative estimate of drug-likeness (QED) is 0.287. The zero-order valence-corrected chi connectivity index (χ0v) is 26.6. The summed E-state index contributed by atoms with van der Waals surface area (Å²) in [6.07, 6.45) is 11.4. The van der Waals surface area contributed by atoms with E-state index in [9.17, 15) is 9.59 Å². The first kappa shape index (κ1) is 31.1. The van der Waals surface area contributed by atoms with Crippen LogP contribution >= 0.6 is 0 Å². The lowest BCUT2D eigenvalue weighted by Gasteiger charge is -2.49. The maximum absolute atomic E-state index is 14.1.